The topological polar surface area (TPSA) is 18.5 Å². The summed E-state index contributed by atoms with van der Waals surface area (Å²) in [5.41, 5.74) is 0. The second kappa shape index (κ2) is 7.46. The van der Waals surface area contributed by atoms with Crippen molar-refractivity contribution >= 4 is 11.8 Å². The molecule has 0 aromatic heterocycles. The fourth-order valence-electron chi connectivity index (χ4n) is 1.14. The molecule has 0 saturated heterocycles. The lowest BCUT2D eigenvalue weighted by Crippen LogP contribution is -2.03. The third-order valence-electron chi connectivity index (χ3n) is 1.86. The molecule has 1 aromatic carbocycles. The Morgan fingerprint density at radius 2 is 1.67 bits per heavy atom. The van der Waals surface area contributed by atoms with Gasteiger partial charge in [0.05, 0.1) is 13.2 Å². The number of hydrogen-bond donors (Lipinski definition) is 0. The number of hydrogen-bond acceptors (Lipinski definition) is 3. The van der Waals surface area contributed by atoms with Crippen LogP contribution in [0.5, 0.6) is 11.5 Å². The highest BCUT2D eigenvalue weighted by atomic mass is 32.2. The van der Waals surface area contributed by atoms with Crippen LogP contribution in [-0.4, -0.2) is 25.2 Å². The molecule has 3 heteroatoms. The first-order chi connectivity index (χ1) is 7.38. The maximum atomic E-state index is 5.63. The van der Waals surface area contributed by atoms with Crippen LogP contribution in [0, 0.1) is 0 Å². The van der Waals surface area contributed by atoms with Crippen molar-refractivity contribution in [2.24, 2.45) is 0 Å². The van der Waals surface area contributed by atoms with Gasteiger partial charge in [0.2, 0.25) is 0 Å². The Hall–Kier alpha value is -0.830. The molecule has 0 fully saturated rings. The number of rotatable bonds is 7. The van der Waals surface area contributed by atoms with E-state index in [1.54, 1.807) is 11.8 Å². The first-order valence-electron chi connectivity index (χ1n) is 5.22. The average Bonchev–Trinajstić information content (AvgIpc) is 2.28. The smallest absolute Gasteiger partial charge is 0.161 e. The molecular formula is C12H18O2S. The van der Waals surface area contributed by atoms with E-state index in [0.29, 0.717) is 0 Å². The summed E-state index contributed by atoms with van der Waals surface area (Å²) >= 11 is 1.78. The molecule has 2 nitrogen and oxygen atoms in total. The fourth-order valence-corrected chi connectivity index (χ4v) is 1.39. The molecule has 0 N–H and O–H groups in total. The number of ether oxygens (including phenoxy) is 2. The van der Waals surface area contributed by atoms with Crippen molar-refractivity contribution in [2.45, 2.75) is 13.3 Å². The van der Waals surface area contributed by atoms with Crippen molar-refractivity contribution in [3.8, 4) is 11.5 Å². The van der Waals surface area contributed by atoms with Crippen LogP contribution in [0.15, 0.2) is 24.3 Å². The second-order valence-corrected chi connectivity index (χ2v) is 4.12. The molecule has 0 amide bonds. The molecular weight excluding hydrogens is 208 g/mol. The highest BCUT2D eigenvalue weighted by molar-refractivity contribution is 7.98. The summed E-state index contributed by atoms with van der Waals surface area (Å²) in [5, 5.41) is 0. The van der Waals surface area contributed by atoms with Gasteiger partial charge in [0, 0.05) is 5.75 Å². The Labute approximate surface area is 96.0 Å². The van der Waals surface area contributed by atoms with Gasteiger partial charge in [-0.15, -0.1) is 0 Å². The zero-order valence-electron chi connectivity index (χ0n) is 9.36. The lowest BCUT2D eigenvalue weighted by atomic mass is 10.3. The molecule has 84 valence electrons. The minimum absolute atomic E-state index is 0.730. The van der Waals surface area contributed by atoms with E-state index in [9.17, 15) is 0 Å². The highest BCUT2D eigenvalue weighted by Crippen LogP contribution is 2.26. The Morgan fingerprint density at radius 1 is 1.07 bits per heavy atom. The summed E-state index contributed by atoms with van der Waals surface area (Å²) in [6, 6.07) is 7.83. The van der Waals surface area contributed by atoms with Gasteiger partial charge in [0.25, 0.3) is 0 Å². The SMILES string of the molecule is CCCOc1ccccc1OCCSC. The maximum Gasteiger partial charge on any atom is 0.161 e. The Bertz CT molecular complexity index is 276. The van der Waals surface area contributed by atoms with Gasteiger partial charge in [-0.25, -0.2) is 0 Å². The molecule has 0 aliphatic carbocycles. The fraction of sp³-hybridized carbons (Fsp3) is 0.500. The van der Waals surface area contributed by atoms with Crippen LogP contribution in [0.4, 0.5) is 0 Å². The summed E-state index contributed by atoms with van der Waals surface area (Å²) in [5.74, 6) is 2.70. The molecule has 0 unspecified atom stereocenters. The van der Waals surface area contributed by atoms with Gasteiger partial charge < -0.3 is 9.47 Å². The predicted molar refractivity (Wildman–Crippen MR) is 66.1 cm³/mol. The van der Waals surface area contributed by atoms with Crippen LogP contribution in [0.25, 0.3) is 0 Å². The Balaban J connectivity index is 2.52. The lowest BCUT2D eigenvalue weighted by molar-refractivity contribution is 0.278. The summed E-state index contributed by atoms with van der Waals surface area (Å²) in [4.78, 5) is 0. The van der Waals surface area contributed by atoms with Crippen LogP contribution in [0.1, 0.15) is 13.3 Å². The van der Waals surface area contributed by atoms with Crippen LogP contribution in [-0.2, 0) is 0 Å². The third-order valence-corrected chi connectivity index (χ3v) is 2.43. The van der Waals surface area contributed by atoms with Gasteiger partial charge in [-0.3, -0.25) is 0 Å². The predicted octanol–water partition coefficient (Wildman–Crippen LogP) is 3.22. The van der Waals surface area contributed by atoms with Crippen LogP contribution in [0.3, 0.4) is 0 Å². The van der Waals surface area contributed by atoms with E-state index < -0.39 is 0 Å². The maximum absolute atomic E-state index is 5.63. The van der Waals surface area contributed by atoms with E-state index in [2.05, 4.69) is 13.2 Å². The monoisotopic (exact) mass is 226 g/mol. The quantitative estimate of drug-likeness (QED) is 0.665. The average molecular weight is 226 g/mol. The number of para-hydroxylation sites is 2. The van der Waals surface area contributed by atoms with Crippen molar-refractivity contribution in [3.05, 3.63) is 24.3 Å². The van der Waals surface area contributed by atoms with Crippen LogP contribution in [0.2, 0.25) is 0 Å². The van der Waals surface area contributed by atoms with Crippen molar-refractivity contribution in [1.29, 1.82) is 0 Å². The number of thioether (sulfide) groups is 1. The Morgan fingerprint density at radius 3 is 2.20 bits per heavy atom. The molecule has 1 rings (SSSR count). The van der Waals surface area contributed by atoms with Gasteiger partial charge >= 0.3 is 0 Å². The molecule has 0 spiro atoms. The summed E-state index contributed by atoms with van der Waals surface area (Å²) < 4.78 is 11.2. The third kappa shape index (κ3) is 4.47. The zero-order valence-corrected chi connectivity index (χ0v) is 10.2. The molecule has 0 aliphatic rings. The van der Waals surface area contributed by atoms with Gasteiger partial charge in [-0.05, 0) is 24.8 Å². The summed E-state index contributed by atoms with van der Waals surface area (Å²) in [6.45, 7) is 3.56. The molecule has 0 bridgehead atoms. The van der Waals surface area contributed by atoms with Crippen LogP contribution >= 0.6 is 11.8 Å². The van der Waals surface area contributed by atoms with Crippen molar-refractivity contribution in [3.63, 3.8) is 0 Å². The summed E-state index contributed by atoms with van der Waals surface area (Å²) in [7, 11) is 0. The second-order valence-electron chi connectivity index (χ2n) is 3.14. The first-order valence-corrected chi connectivity index (χ1v) is 6.61. The van der Waals surface area contributed by atoms with E-state index in [1.807, 2.05) is 24.3 Å². The molecule has 0 atom stereocenters. The largest absolute Gasteiger partial charge is 0.490 e. The van der Waals surface area contributed by atoms with E-state index in [0.717, 1.165) is 36.9 Å². The van der Waals surface area contributed by atoms with Gasteiger partial charge in [0.1, 0.15) is 0 Å². The van der Waals surface area contributed by atoms with E-state index in [-0.39, 0.29) is 0 Å². The highest BCUT2D eigenvalue weighted by Gasteiger charge is 2.02. The van der Waals surface area contributed by atoms with Gasteiger partial charge in [-0.2, -0.15) is 11.8 Å². The van der Waals surface area contributed by atoms with E-state index >= 15 is 0 Å². The molecule has 0 saturated carbocycles. The minimum Gasteiger partial charge on any atom is -0.490 e. The normalized spacial score (nSPS) is 10.0. The van der Waals surface area contributed by atoms with E-state index in [1.165, 1.54) is 0 Å². The summed E-state index contributed by atoms with van der Waals surface area (Å²) in [6.07, 6.45) is 3.09. The lowest BCUT2D eigenvalue weighted by Gasteiger charge is -2.11. The Kier molecular flexibility index (Phi) is 6.09. The van der Waals surface area contributed by atoms with Gasteiger partial charge in [0.15, 0.2) is 11.5 Å². The first kappa shape index (κ1) is 12.2. The van der Waals surface area contributed by atoms with Crippen molar-refractivity contribution < 1.29 is 9.47 Å². The van der Waals surface area contributed by atoms with Crippen molar-refractivity contribution in [2.75, 3.05) is 25.2 Å². The number of benzene rings is 1. The minimum atomic E-state index is 0.730. The standard InChI is InChI=1S/C12H18O2S/c1-3-8-13-11-6-4-5-7-12(11)14-9-10-15-2/h4-7H,3,8-10H2,1-2H3. The molecule has 0 aliphatic heterocycles. The molecule has 1 aromatic rings. The van der Waals surface area contributed by atoms with Gasteiger partial charge in [-0.1, -0.05) is 19.1 Å². The van der Waals surface area contributed by atoms with E-state index in [4.69, 9.17) is 9.47 Å². The van der Waals surface area contributed by atoms with Crippen LogP contribution < -0.4 is 9.47 Å². The van der Waals surface area contributed by atoms with Crippen molar-refractivity contribution in [1.82, 2.24) is 0 Å². The molecule has 0 heterocycles. The molecule has 15 heavy (non-hydrogen) atoms. The zero-order chi connectivity index (χ0) is 10.9. The molecule has 0 radical (unpaired) electrons.